The lowest BCUT2D eigenvalue weighted by molar-refractivity contribution is -0.570. The third kappa shape index (κ3) is 6.95. The van der Waals surface area contributed by atoms with Gasteiger partial charge in [-0.05, 0) is 139 Å². The van der Waals surface area contributed by atoms with Crippen LogP contribution in [-0.4, -0.2) is 14.1 Å². The lowest BCUT2D eigenvalue weighted by Crippen LogP contribution is -2.32. The molecule has 0 fully saturated rings. The summed E-state index contributed by atoms with van der Waals surface area (Å²) in [7, 11) is 0. The topological polar surface area (TPSA) is 49.0 Å². The molecule has 0 saturated carbocycles. The van der Waals surface area contributed by atoms with Crippen molar-refractivity contribution < 1.29 is 20.6 Å². The zero-order valence-electron chi connectivity index (χ0n) is 46.7. The maximum absolute atomic E-state index is 9.38. The highest BCUT2D eigenvalue weighted by atomic mass is 16.5. The number of benzene rings is 10. The van der Waals surface area contributed by atoms with E-state index in [9.17, 15) is 2.74 Å². The van der Waals surface area contributed by atoms with Crippen molar-refractivity contribution in [1.82, 2.24) is 14.1 Å². The number of hydrogen-bond acceptors (Lipinski definition) is 3. The molecule has 0 amide bonds. The Morgan fingerprint density at radius 1 is 0.500 bits per heavy atom. The van der Waals surface area contributed by atoms with Gasteiger partial charge in [-0.25, -0.2) is 4.98 Å². The summed E-state index contributed by atoms with van der Waals surface area (Å²) in [5.74, 6) is 2.07. The van der Waals surface area contributed by atoms with Gasteiger partial charge >= 0.3 is 0 Å². The lowest BCUT2D eigenvalue weighted by Gasteiger charge is -2.20. The van der Waals surface area contributed by atoms with Crippen molar-refractivity contribution in [3.63, 3.8) is 0 Å². The number of nitrogens with zero attached hydrogens (tertiary/aromatic N) is 4. The number of pyridine rings is 1. The maximum atomic E-state index is 9.38. The van der Waals surface area contributed by atoms with E-state index in [1.54, 1.807) is 0 Å². The Labute approximate surface area is 446 Å². The summed E-state index contributed by atoms with van der Waals surface area (Å²) < 4.78 is 64.7. The first-order valence-electron chi connectivity index (χ1n) is 28.0. The van der Waals surface area contributed by atoms with Gasteiger partial charge in [0, 0.05) is 33.8 Å². The second-order valence-corrected chi connectivity index (χ2v) is 20.5. The standard InChI is InChI=1S/C70H48N4O2/c1-70(2,3)47-35-36-71-67(40-47)74-62-29-13-11-25-56(62)57-33-32-50(42-63(57)74)75-49-20-15-19-48(41-49)72-43-73-68-51(44-17-5-4-6-18-44)27-16-28-59(68)54-23-9-7-21-52(54)53-22-8-10-24-55(53)61-38-46(39-64(72)69(61)73)45-31-34-66-60(37-45)58-26-12-14-30-65(58)76-66/h4-42H,1-3H3/i4D,5D,6D,17D,18D. The third-order valence-corrected chi connectivity index (χ3v) is 15.0. The number of fused-ring (bicyclic) bond motifs is 13. The van der Waals surface area contributed by atoms with Crippen LogP contribution in [0.3, 0.4) is 0 Å². The minimum Gasteiger partial charge on any atom is -0.458 e. The van der Waals surface area contributed by atoms with E-state index in [1.165, 1.54) is 5.56 Å². The lowest BCUT2D eigenvalue weighted by atomic mass is 9.87. The normalized spacial score (nSPS) is 13.1. The Morgan fingerprint density at radius 3 is 1.99 bits per heavy atom. The second kappa shape index (κ2) is 16.9. The van der Waals surface area contributed by atoms with Gasteiger partial charge in [0.15, 0.2) is 0 Å². The van der Waals surface area contributed by atoms with Gasteiger partial charge in [-0.2, -0.15) is 0 Å². The summed E-state index contributed by atoms with van der Waals surface area (Å²) in [4.78, 5) is 4.91. The van der Waals surface area contributed by atoms with Crippen molar-refractivity contribution in [2.75, 3.05) is 0 Å². The molecule has 360 valence electrons. The van der Waals surface area contributed by atoms with Crippen LogP contribution in [0.25, 0.3) is 128 Å². The minimum atomic E-state index is -0.454. The van der Waals surface area contributed by atoms with E-state index in [0.29, 0.717) is 22.7 Å². The first kappa shape index (κ1) is 38.8. The largest absolute Gasteiger partial charge is 0.458 e. The monoisotopic (exact) mass is 981 g/mol. The summed E-state index contributed by atoms with van der Waals surface area (Å²) in [5, 5.41) is 4.23. The number of rotatable bonds is 6. The predicted octanol–water partition coefficient (Wildman–Crippen LogP) is 17.8. The highest BCUT2D eigenvalue weighted by Gasteiger charge is 2.28. The molecule has 0 bridgehead atoms. The molecule has 76 heavy (non-hydrogen) atoms. The number of ether oxygens (including phenoxy) is 1. The number of aromatic nitrogens is 4. The molecule has 4 aromatic heterocycles. The summed E-state index contributed by atoms with van der Waals surface area (Å²) in [6, 6.07) is 66.4. The second-order valence-electron chi connectivity index (χ2n) is 20.5. The number of hydrogen-bond donors (Lipinski definition) is 0. The molecule has 0 saturated heterocycles. The molecule has 14 aromatic rings. The van der Waals surface area contributed by atoms with Crippen LogP contribution < -0.4 is 9.30 Å². The van der Waals surface area contributed by atoms with Crippen LogP contribution in [0.5, 0.6) is 11.5 Å². The highest BCUT2D eigenvalue weighted by Crippen LogP contribution is 2.47. The number of furan rings is 1. The van der Waals surface area contributed by atoms with Gasteiger partial charge in [-0.1, -0.05) is 172 Å². The van der Waals surface area contributed by atoms with Crippen LogP contribution in [-0.2, 0) is 5.41 Å². The van der Waals surface area contributed by atoms with Crippen molar-refractivity contribution in [2.24, 2.45) is 0 Å². The minimum absolute atomic E-state index is 0.0774. The number of imidazole rings is 1. The van der Waals surface area contributed by atoms with E-state index in [1.807, 2.05) is 95.7 Å². The fourth-order valence-corrected chi connectivity index (χ4v) is 11.4. The molecule has 0 radical (unpaired) electrons. The van der Waals surface area contributed by atoms with E-state index < -0.39 is 18.1 Å². The molecule has 1 aliphatic rings. The Morgan fingerprint density at radius 2 is 1.17 bits per heavy atom. The molecule has 0 spiro atoms. The molecule has 15 rings (SSSR count). The molecule has 0 N–H and O–H groups in total. The molecule has 10 aromatic carbocycles. The zero-order valence-corrected chi connectivity index (χ0v) is 41.7. The SMILES string of the molecule is [2H]c1c([2H])c([2H])c(-c2cccc3c2-[n+]2[c-]n(-c4cccc(Oc5ccc6c7ccccc7n(-c7cc(C(C)(C)C)ccn7)c6c5)c4)c4cc(-c5ccc6oc7ccccc7c6c5)cc(c42)-c2ccccc2-c2ccccc2-3)c([2H])c1[2H]. The van der Waals surface area contributed by atoms with E-state index in [4.69, 9.17) is 18.3 Å². The molecule has 1 aliphatic heterocycles. The molecule has 0 aliphatic carbocycles. The predicted molar refractivity (Wildman–Crippen MR) is 309 cm³/mol. The average molecular weight is 982 g/mol. The third-order valence-electron chi connectivity index (χ3n) is 15.0. The van der Waals surface area contributed by atoms with Crippen LogP contribution in [0.4, 0.5) is 0 Å². The van der Waals surface area contributed by atoms with Gasteiger partial charge in [0.1, 0.15) is 28.5 Å². The van der Waals surface area contributed by atoms with Gasteiger partial charge in [-0.3, -0.25) is 13.7 Å². The molecule has 0 atom stereocenters. The Hall–Kier alpha value is -9.78. The van der Waals surface area contributed by atoms with Crippen LogP contribution in [0.1, 0.15) is 33.2 Å². The van der Waals surface area contributed by atoms with Crippen molar-refractivity contribution in [3.8, 4) is 84.3 Å². The fourth-order valence-electron chi connectivity index (χ4n) is 11.4. The van der Waals surface area contributed by atoms with Gasteiger partial charge < -0.3 is 9.15 Å². The summed E-state index contributed by atoms with van der Waals surface area (Å²) in [6.45, 7) is 6.64. The summed E-state index contributed by atoms with van der Waals surface area (Å²) in [6.07, 6.45) is 5.74. The summed E-state index contributed by atoms with van der Waals surface area (Å²) >= 11 is 0. The number of para-hydroxylation sites is 3. The molecular weight excluding hydrogens is 929 g/mol. The van der Waals surface area contributed by atoms with Crippen LogP contribution in [0, 0.1) is 6.33 Å². The Kier molecular flexibility index (Phi) is 8.62. The van der Waals surface area contributed by atoms with Crippen molar-refractivity contribution in [2.45, 2.75) is 26.2 Å². The summed E-state index contributed by atoms with van der Waals surface area (Å²) in [5.41, 5.74) is 15.8. The van der Waals surface area contributed by atoms with Gasteiger partial charge in [0.2, 0.25) is 0 Å². The first-order chi connectivity index (χ1) is 39.4. The molecule has 5 heterocycles. The molecule has 6 nitrogen and oxygen atoms in total. The van der Waals surface area contributed by atoms with Crippen molar-refractivity contribution >= 4 is 54.8 Å². The maximum Gasteiger partial charge on any atom is 0.269 e. The van der Waals surface area contributed by atoms with Crippen molar-refractivity contribution in [1.29, 1.82) is 0 Å². The first-order valence-corrected chi connectivity index (χ1v) is 25.5. The smallest absolute Gasteiger partial charge is 0.269 e. The van der Waals surface area contributed by atoms with E-state index in [-0.39, 0.29) is 23.1 Å². The van der Waals surface area contributed by atoms with E-state index in [2.05, 4.69) is 151 Å². The molecule has 0 unspecified atom stereocenters. The van der Waals surface area contributed by atoms with Crippen LogP contribution in [0.2, 0.25) is 0 Å². The fraction of sp³-hybridized carbons (Fsp3) is 0.0571. The van der Waals surface area contributed by atoms with E-state index >= 15 is 0 Å². The Balaban J connectivity index is 0.989. The zero-order chi connectivity index (χ0) is 55.0. The molecular formula is C70H48N4O2. The molecule has 6 heteroatoms. The highest BCUT2D eigenvalue weighted by molar-refractivity contribution is 6.10. The average Bonchev–Trinajstić information content (AvgIpc) is 2.69. The van der Waals surface area contributed by atoms with Gasteiger partial charge in [-0.15, -0.1) is 0 Å². The Bertz CT molecular complexity index is 4960. The van der Waals surface area contributed by atoms with E-state index in [0.717, 1.165) is 111 Å². The van der Waals surface area contributed by atoms with Crippen molar-refractivity contribution in [3.05, 3.63) is 248 Å². The quantitative estimate of drug-likeness (QED) is 0.123. The van der Waals surface area contributed by atoms with Gasteiger partial charge in [0.05, 0.1) is 40.3 Å². The van der Waals surface area contributed by atoms with Crippen LogP contribution in [0.15, 0.2) is 241 Å². The van der Waals surface area contributed by atoms with Crippen LogP contribution >= 0.6 is 0 Å². The van der Waals surface area contributed by atoms with Gasteiger partial charge in [0.25, 0.3) is 6.33 Å².